The quantitative estimate of drug-likeness (QED) is 0.616. The number of ether oxygens (including phenoxy) is 1. The average molecular weight is 348 g/mol. The summed E-state index contributed by atoms with van der Waals surface area (Å²) < 4.78 is 4.77. The van der Waals surface area contributed by atoms with Gasteiger partial charge in [-0.25, -0.2) is 9.78 Å². The van der Waals surface area contributed by atoms with Crippen molar-refractivity contribution in [2.75, 3.05) is 12.4 Å². The van der Waals surface area contributed by atoms with Crippen LogP contribution < -0.4 is 5.32 Å². The van der Waals surface area contributed by atoms with Crippen LogP contribution in [0.15, 0.2) is 54.6 Å². The Hall–Kier alpha value is -2.88. The molecule has 3 aromatic rings. The van der Waals surface area contributed by atoms with Gasteiger partial charge in [-0.15, -0.1) is 0 Å². The van der Waals surface area contributed by atoms with Gasteiger partial charge in [-0.05, 0) is 48.7 Å². The first-order valence-electron chi connectivity index (χ1n) is 8.93. The topological polar surface area (TPSA) is 51.2 Å². The lowest BCUT2D eigenvalue weighted by atomic mass is 10.0. The number of rotatable bonds is 6. The summed E-state index contributed by atoms with van der Waals surface area (Å²) in [5.74, 6) is 0.586. The van der Waals surface area contributed by atoms with Crippen LogP contribution in [0.25, 0.3) is 10.9 Å². The zero-order valence-electron chi connectivity index (χ0n) is 15.5. The Kier molecular flexibility index (Phi) is 5.52. The summed E-state index contributed by atoms with van der Waals surface area (Å²) in [5, 5.41) is 4.74. The van der Waals surface area contributed by atoms with Crippen LogP contribution >= 0.6 is 0 Å². The molecule has 0 saturated heterocycles. The molecule has 0 unspecified atom stereocenters. The van der Waals surface area contributed by atoms with Crippen molar-refractivity contribution < 1.29 is 9.53 Å². The van der Waals surface area contributed by atoms with Crippen molar-refractivity contribution in [3.05, 3.63) is 71.3 Å². The number of carbonyl (C=O) groups excluding carboxylic acids is 1. The molecule has 1 atom stereocenters. The Morgan fingerprint density at radius 3 is 2.58 bits per heavy atom. The lowest BCUT2D eigenvalue weighted by Gasteiger charge is -2.21. The molecule has 0 aliphatic rings. The number of aromatic nitrogens is 1. The summed E-state index contributed by atoms with van der Waals surface area (Å²) >= 11 is 0. The van der Waals surface area contributed by atoms with Crippen LogP contribution in [0.5, 0.6) is 0 Å². The third kappa shape index (κ3) is 3.85. The first kappa shape index (κ1) is 17.9. The monoisotopic (exact) mass is 348 g/mol. The SMILES string of the molecule is CCC[C@@H](Nc1nc2ccccc2cc1C)c1ccc(C(=O)OC)cc1. The van der Waals surface area contributed by atoms with E-state index in [-0.39, 0.29) is 12.0 Å². The molecule has 0 fully saturated rings. The number of hydrogen-bond donors (Lipinski definition) is 1. The lowest BCUT2D eigenvalue weighted by Crippen LogP contribution is -2.13. The molecule has 134 valence electrons. The highest BCUT2D eigenvalue weighted by atomic mass is 16.5. The number of benzene rings is 2. The Morgan fingerprint density at radius 1 is 1.15 bits per heavy atom. The molecule has 2 aromatic carbocycles. The van der Waals surface area contributed by atoms with E-state index in [0.29, 0.717) is 5.56 Å². The predicted molar refractivity (Wildman–Crippen MR) is 106 cm³/mol. The average Bonchev–Trinajstić information content (AvgIpc) is 2.67. The molecule has 0 radical (unpaired) electrons. The fraction of sp³-hybridized carbons (Fsp3) is 0.273. The van der Waals surface area contributed by atoms with E-state index in [1.165, 1.54) is 7.11 Å². The van der Waals surface area contributed by atoms with Gasteiger partial charge < -0.3 is 10.1 Å². The molecule has 1 heterocycles. The number of para-hydroxylation sites is 1. The molecule has 0 aliphatic carbocycles. The number of anilines is 1. The molecule has 1 N–H and O–H groups in total. The molecular weight excluding hydrogens is 324 g/mol. The summed E-state index contributed by atoms with van der Waals surface area (Å²) in [4.78, 5) is 16.4. The van der Waals surface area contributed by atoms with Gasteiger partial charge in [-0.3, -0.25) is 0 Å². The molecule has 4 heteroatoms. The third-order valence-electron chi connectivity index (χ3n) is 4.54. The minimum absolute atomic E-state index is 0.138. The van der Waals surface area contributed by atoms with Gasteiger partial charge in [0.1, 0.15) is 5.82 Å². The van der Waals surface area contributed by atoms with Crippen molar-refractivity contribution in [1.29, 1.82) is 0 Å². The maximum atomic E-state index is 11.6. The van der Waals surface area contributed by atoms with Crippen molar-refractivity contribution in [1.82, 2.24) is 4.98 Å². The Balaban J connectivity index is 1.89. The molecule has 0 spiro atoms. The number of esters is 1. The highest BCUT2D eigenvalue weighted by Crippen LogP contribution is 2.27. The van der Waals surface area contributed by atoms with Crippen molar-refractivity contribution in [2.24, 2.45) is 0 Å². The zero-order valence-corrected chi connectivity index (χ0v) is 15.5. The van der Waals surface area contributed by atoms with Crippen LogP contribution in [0, 0.1) is 6.92 Å². The van der Waals surface area contributed by atoms with Gasteiger partial charge in [-0.2, -0.15) is 0 Å². The van der Waals surface area contributed by atoms with E-state index >= 15 is 0 Å². The van der Waals surface area contributed by atoms with E-state index in [1.807, 2.05) is 42.5 Å². The van der Waals surface area contributed by atoms with Crippen LogP contribution in [0.3, 0.4) is 0 Å². The van der Waals surface area contributed by atoms with Crippen LogP contribution in [0.4, 0.5) is 5.82 Å². The molecule has 3 rings (SSSR count). The van der Waals surface area contributed by atoms with Gasteiger partial charge in [-0.1, -0.05) is 43.7 Å². The second-order valence-electron chi connectivity index (χ2n) is 6.45. The number of nitrogens with one attached hydrogen (secondary N) is 1. The summed E-state index contributed by atoms with van der Waals surface area (Å²) in [7, 11) is 1.39. The standard InChI is InChI=1S/C22H24N2O2/c1-4-7-19(16-10-12-17(13-11-16)22(25)26-3)23-21-15(2)14-18-8-5-6-9-20(18)24-21/h5-6,8-14,19H,4,7H2,1-3H3,(H,23,24)/t19-/m1/s1. The van der Waals surface area contributed by atoms with Crippen LogP contribution in [-0.2, 0) is 4.74 Å². The van der Waals surface area contributed by atoms with Crippen LogP contribution in [-0.4, -0.2) is 18.1 Å². The predicted octanol–water partition coefficient (Wildman–Crippen LogP) is 5.28. The highest BCUT2D eigenvalue weighted by Gasteiger charge is 2.14. The Morgan fingerprint density at radius 2 is 1.88 bits per heavy atom. The summed E-state index contributed by atoms with van der Waals surface area (Å²) in [6.07, 6.45) is 2.02. The minimum atomic E-state index is -0.316. The lowest BCUT2D eigenvalue weighted by molar-refractivity contribution is 0.0600. The van der Waals surface area contributed by atoms with Gasteiger partial charge in [0.25, 0.3) is 0 Å². The number of fused-ring (bicyclic) bond motifs is 1. The summed E-state index contributed by atoms with van der Waals surface area (Å²) in [5.41, 5.74) is 3.80. The second-order valence-corrected chi connectivity index (χ2v) is 6.45. The van der Waals surface area contributed by atoms with Crippen molar-refractivity contribution in [3.63, 3.8) is 0 Å². The maximum Gasteiger partial charge on any atom is 0.337 e. The molecule has 0 amide bonds. The molecular formula is C22H24N2O2. The number of aryl methyl sites for hydroxylation is 1. The van der Waals surface area contributed by atoms with Crippen molar-refractivity contribution >= 4 is 22.7 Å². The Bertz CT molecular complexity index is 904. The number of hydrogen-bond acceptors (Lipinski definition) is 4. The smallest absolute Gasteiger partial charge is 0.337 e. The maximum absolute atomic E-state index is 11.6. The zero-order chi connectivity index (χ0) is 18.5. The molecule has 4 nitrogen and oxygen atoms in total. The fourth-order valence-corrected chi connectivity index (χ4v) is 3.11. The van der Waals surface area contributed by atoms with E-state index in [4.69, 9.17) is 9.72 Å². The molecule has 26 heavy (non-hydrogen) atoms. The number of nitrogens with zero attached hydrogens (tertiary/aromatic N) is 1. The van der Waals surface area contributed by atoms with Gasteiger partial charge in [0.15, 0.2) is 0 Å². The number of carbonyl (C=O) groups is 1. The normalized spacial score (nSPS) is 12.0. The van der Waals surface area contributed by atoms with Gasteiger partial charge in [0.05, 0.1) is 24.2 Å². The van der Waals surface area contributed by atoms with Gasteiger partial charge in [0, 0.05) is 5.39 Å². The number of methoxy groups -OCH3 is 1. The van der Waals surface area contributed by atoms with Gasteiger partial charge >= 0.3 is 5.97 Å². The first-order valence-corrected chi connectivity index (χ1v) is 8.93. The number of pyridine rings is 1. The van der Waals surface area contributed by atoms with Gasteiger partial charge in [0.2, 0.25) is 0 Å². The first-order chi connectivity index (χ1) is 12.6. The second kappa shape index (κ2) is 8.00. The molecule has 0 saturated carbocycles. The van der Waals surface area contributed by atoms with Crippen molar-refractivity contribution in [3.8, 4) is 0 Å². The molecule has 0 aliphatic heterocycles. The summed E-state index contributed by atoms with van der Waals surface area (Å²) in [6.45, 7) is 4.24. The van der Waals surface area contributed by atoms with E-state index < -0.39 is 0 Å². The molecule has 0 bridgehead atoms. The minimum Gasteiger partial charge on any atom is -0.465 e. The van der Waals surface area contributed by atoms with Crippen molar-refractivity contribution in [2.45, 2.75) is 32.7 Å². The van der Waals surface area contributed by atoms with E-state index in [2.05, 4.69) is 31.3 Å². The van der Waals surface area contributed by atoms with E-state index in [1.54, 1.807) is 0 Å². The fourth-order valence-electron chi connectivity index (χ4n) is 3.11. The molecule has 1 aromatic heterocycles. The van der Waals surface area contributed by atoms with E-state index in [9.17, 15) is 4.79 Å². The van der Waals surface area contributed by atoms with Crippen LogP contribution in [0.2, 0.25) is 0 Å². The Labute approximate surface area is 154 Å². The summed E-state index contributed by atoms with van der Waals surface area (Å²) in [6, 6.07) is 18.0. The largest absolute Gasteiger partial charge is 0.465 e. The third-order valence-corrected chi connectivity index (χ3v) is 4.54. The van der Waals surface area contributed by atoms with Crippen LogP contribution in [0.1, 0.15) is 47.3 Å². The highest BCUT2D eigenvalue weighted by molar-refractivity contribution is 5.89. The van der Waals surface area contributed by atoms with E-state index in [0.717, 1.165) is 40.7 Å².